The SMILES string of the molecule is Cc1ccc(N2C(=NC(=O)COCC(=O)[O-])S[C@@H]3CS(=O)(=O)C[C@@H]32)cc1. The van der Waals surface area contributed by atoms with Gasteiger partial charge in [0.25, 0.3) is 5.91 Å². The summed E-state index contributed by atoms with van der Waals surface area (Å²) in [6, 6.07) is 7.23. The summed E-state index contributed by atoms with van der Waals surface area (Å²) in [5.41, 5.74) is 1.82. The molecule has 0 bridgehead atoms. The van der Waals surface area contributed by atoms with Crippen LogP contribution in [0.25, 0.3) is 0 Å². The van der Waals surface area contributed by atoms with Gasteiger partial charge in [0.1, 0.15) is 6.61 Å². The smallest absolute Gasteiger partial charge is 0.274 e. The van der Waals surface area contributed by atoms with Crippen molar-refractivity contribution in [2.45, 2.75) is 18.2 Å². The molecular formula is C16H17N2O6S2-. The van der Waals surface area contributed by atoms with Crippen LogP contribution in [0.15, 0.2) is 29.3 Å². The van der Waals surface area contributed by atoms with Gasteiger partial charge in [-0.1, -0.05) is 29.5 Å². The average molecular weight is 397 g/mol. The Balaban J connectivity index is 1.84. The van der Waals surface area contributed by atoms with E-state index < -0.39 is 34.9 Å². The van der Waals surface area contributed by atoms with E-state index in [1.54, 1.807) is 4.90 Å². The van der Waals surface area contributed by atoms with E-state index in [2.05, 4.69) is 4.99 Å². The summed E-state index contributed by atoms with van der Waals surface area (Å²) in [6.07, 6.45) is 0. The van der Waals surface area contributed by atoms with Crippen molar-refractivity contribution in [3.8, 4) is 0 Å². The Morgan fingerprint density at radius 1 is 1.27 bits per heavy atom. The molecule has 1 aromatic carbocycles. The molecule has 26 heavy (non-hydrogen) atoms. The molecule has 0 spiro atoms. The van der Waals surface area contributed by atoms with Gasteiger partial charge in [-0.25, -0.2) is 8.42 Å². The van der Waals surface area contributed by atoms with Crippen LogP contribution in [-0.2, 0) is 24.2 Å². The highest BCUT2D eigenvalue weighted by Crippen LogP contribution is 2.40. The molecule has 140 valence electrons. The lowest BCUT2D eigenvalue weighted by Crippen LogP contribution is -2.37. The quantitative estimate of drug-likeness (QED) is 0.644. The standard InChI is InChI=1S/C16H18N2O6S2/c1-10-2-4-11(5-3-10)18-12-8-26(22,23)9-13(12)25-16(18)17-14(19)6-24-7-15(20)21/h2-5,12-13H,6-9H2,1H3,(H,20,21)/p-1/t12-,13+/m0/s1. The number of carboxylic acids is 1. The molecule has 1 amide bonds. The number of ether oxygens (including phenoxy) is 1. The molecule has 2 saturated heterocycles. The normalized spacial score (nSPS) is 25.4. The van der Waals surface area contributed by atoms with Gasteiger partial charge < -0.3 is 19.5 Å². The fourth-order valence-corrected chi connectivity index (χ4v) is 6.86. The van der Waals surface area contributed by atoms with Gasteiger partial charge in [0.15, 0.2) is 15.0 Å². The molecule has 2 aliphatic heterocycles. The number of benzene rings is 1. The summed E-state index contributed by atoms with van der Waals surface area (Å²) < 4.78 is 28.7. The number of anilines is 1. The van der Waals surface area contributed by atoms with E-state index in [-0.39, 0.29) is 22.8 Å². The van der Waals surface area contributed by atoms with Crippen LogP contribution < -0.4 is 10.0 Å². The number of amidine groups is 1. The highest BCUT2D eigenvalue weighted by atomic mass is 32.2. The highest BCUT2D eigenvalue weighted by molar-refractivity contribution is 8.16. The monoisotopic (exact) mass is 397 g/mol. The molecule has 0 unspecified atom stereocenters. The van der Waals surface area contributed by atoms with Crippen LogP contribution in [0.2, 0.25) is 0 Å². The maximum absolute atomic E-state index is 12.0. The second-order valence-electron chi connectivity index (χ2n) is 6.16. The molecule has 1 aromatic rings. The zero-order chi connectivity index (χ0) is 18.9. The van der Waals surface area contributed by atoms with Crippen LogP contribution in [0.5, 0.6) is 0 Å². The summed E-state index contributed by atoms with van der Waals surface area (Å²) in [6.45, 7) is 0.779. The number of sulfone groups is 1. The summed E-state index contributed by atoms with van der Waals surface area (Å²) in [5, 5.41) is 10.5. The van der Waals surface area contributed by atoms with E-state index >= 15 is 0 Å². The maximum Gasteiger partial charge on any atom is 0.274 e. The molecular weight excluding hydrogens is 380 g/mol. The molecule has 0 aliphatic carbocycles. The molecule has 10 heteroatoms. The van der Waals surface area contributed by atoms with Crippen molar-refractivity contribution >= 4 is 44.3 Å². The van der Waals surface area contributed by atoms with Crippen molar-refractivity contribution in [1.29, 1.82) is 0 Å². The van der Waals surface area contributed by atoms with Crippen molar-refractivity contribution in [1.82, 2.24) is 0 Å². The first kappa shape index (κ1) is 18.9. The minimum absolute atomic E-state index is 0.00688. The van der Waals surface area contributed by atoms with E-state index in [4.69, 9.17) is 4.74 Å². The molecule has 2 atom stereocenters. The fourth-order valence-electron chi connectivity index (χ4n) is 2.93. The number of nitrogens with zero attached hydrogens (tertiary/aromatic N) is 2. The molecule has 0 aromatic heterocycles. The van der Waals surface area contributed by atoms with Gasteiger partial charge in [0.05, 0.1) is 30.1 Å². The Morgan fingerprint density at radius 3 is 2.62 bits per heavy atom. The number of aryl methyl sites for hydroxylation is 1. The zero-order valence-electron chi connectivity index (χ0n) is 14.0. The van der Waals surface area contributed by atoms with Gasteiger partial charge in [-0.2, -0.15) is 4.99 Å². The van der Waals surface area contributed by atoms with Crippen LogP contribution in [0.1, 0.15) is 5.56 Å². The predicted octanol–water partition coefficient (Wildman–Crippen LogP) is -0.637. The number of hydrogen-bond donors (Lipinski definition) is 0. The Labute approximate surface area is 155 Å². The van der Waals surface area contributed by atoms with Crippen LogP contribution in [0, 0.1) is 6.92 Å². The number of fused-ring (bicyclic) bond motifs is 1. The lowest BCUT2D eigenvalue weighted by molar-refractivity contribution is -0.309. The number of carbonyl (C=O) groups is 2. The second kappa shape index (κ2) is 7.37. The van der Waals surface area contributed by atoms with Crippen LogP contribution >= 0.6 is 11.8 Å². The summed E-state index contributed by atoms with van der Waals surface area (Å²) >= 11 is 1.25. The van der Waals surface area contributed by atoms with Gasteiger partial charge in [0.2, 0.25) is 0 Å². The number of rotatable bonds is 5. The summed E-state index contributed by atoms with van der Waals surface area (Å²) in [5.74, 6) is -2.00. The van der Waals surface area contributed by atoms with Crippen molar-refractivity contribution in [2.24, 2.45) is 4.99 Å². The van der Waals surface area contributed by atoms with Gasteiger partial charge in [-0.05, 0) is 19.1 Å². The third kappa shape index (κ3) is 4.25. The van der Waals surface area contributed by atoms with Gasteiger partial charge in [-0.3, -0.25) is 4.79 Å². The average Bonchev–Trinajstić information content (AvgIpc) is 2.99. The van der Waals surface area contributed by atoms with E-state index in [9.17, 15) is 23.1 Å². The summed E-state index contributed by atoms with van der Waals surface area (Å²) in [4.78, 5) is 28.1. The van der Waals surface area contributed by atoms with Crippen LogP contribution in [-0.4, -0.2) is 61.5 Å². The molecule has 0 radical (unpaired) electrons. The van der Waals surface area contributed by atoms with Crippen molar-refractivity contribution < 1.29 is 27.9 Å². The van der Waals surface area contributed by atoms with E-state index in [0.29, 0.717) is 5.17 Å². The van der Waals surface area contributed by atoms with Gasteiger partial charge in [0, 0.05) is 10.9 Å². The third-order valence-electron chi connectivity index (χ3n) is 4.04. The van der Waals surface area contributed by atoms with Crippen LogP contribution in [0.4, 0.5) is 5.69 Å². The highest BCUT2D eigenvalue weighted by Gasteiger charge is 2.49. The van der Waals surface area contributed by atoms with Gasteiger partial charge in [-0.15, -0.1) is 0 Å². The first-order chi connectivity index (χ1) is 12.2. The lowest BCUT2D eigenvalue weighted by atomic mass is 10.1. The van der Waals surface area contributed by atoms with E-state index in [1.165, 1.54) is 11.8 Å². The fraction of sp³-hybridized carbons (Fsp3) is 0.438. The largest absolute Gasteiger partial charge is 0.548 e. The topological polar surface area (TPSA) is 116 Å². The Hall–Kier alpha value is -1.91. The number of thioether (sulfide) groups is 1. The predicted molar refractivity (Wildman–Crippen MR) is 95.7 cm³/mol. The zero-order valence-corrected chi connectivity index (χ0v) is 15.6. The van der Waals surface area contributed by atoms with E-state index in [0.717, 1.165) is 11.3 Å². The van der Waals surface area contributed by atoms with Gasteiger partial charge >= 0.3 is 0 Å². The molecule has 3 rings (SSSR count). The first-order valence-corrected chi connectivity index (χ1v) is 10.6. The van der Waals surface area contributed by atoms with Crippen molar-refractivity contribution in [3.05, 3.63) is 29.8 Å². The number of hydrogen-bond acceptors (Lipinski definition) is 7. The number of carboxylic acid groups (broad SMARTS) is 1. The number of aliphatic carboxylic acids is 1. The third-order valence-corrected chi connectivity index (χ3v) is 7.25. The molecule has 2 heterocycles. The van der Waals surface area contributed by atoms with Crippen molar-refractivity contribution in [2.75, 3.05) is 29.6 Å². The Bertz CT molecular complexity index is 850. The minimum Gasteiger partial charge on any atom is -0.548 e. The number of carbonyl (C=O) groups excluding carboxylic acids is 2. The Kier molecular flexibility index (Phi) is 5.35. The molecule has 0 saturated carbocycles. The minimum atomic E-state index is -3.13. The molecule has 2 fully saturated rings. The Morgan fingerprint density at radius 2 is 1.96 bits per heavy atom. The first-order valence-electron chi connectivity index (χ1n) is 7.87. The number of aliphatic imine (C=N–C) groups is 1. The molecule has 0 N–H and O–H groups in total. The van der Waals surface area contributed by atoms with Crippen molar-refractivity contribution in [3.63, 3.8) is 0 Å². The van der Waals surface area contributed by atoms with E-state index in [1.807, 2.05) is 31.2 Å². The second-order valence-corrected chi connectivity index (χ2v) is 9.52. The molecule has 2 aliphatic rings. The van der Waals surface area contributed by atoms with Crippen LogP contribution in [0.3, 0.4) is 0 Å². The number of amides is 1. The lowest BCUT2D eigenvalue weighted by Gasteiger charge is -2.24. The molecule has 8 nitrogen and oxygen atoms in total. The maximum atomic E-state index is 12.0. The summed E-state index contributed by atoms with van der Waals surface area (Å²) in [7, 11) is -3.13.